The number of anilines is 2. The minimum atomic E-state index is 0.547. The van der Waals surface area contributed by atoms with Gasteiger partial charge in [-0.2, -0.15) is 4.98 Å². The van der Waals surface area contributed by atoms with E-state index in [0.717, 1.165) is 75.9 Å². The molecule has 188 valence electrons. The quantitative estimate of drug-likeness (QED) is 0.304. The number of benzene rings is 2. The number of nitrogen functional groups attached to an aromatic ring is 1. The van der Waals surface area contributed by atoms with Gasteiger partial charge >= 0.3 is 0 Å². The molecule has 5 aromatic rings. The molecule has 0 atom stereocenters. The number of hydrogen-bond acceptors (Lipinski definition) is 8. The number of rotatable bonds is 6. The van der Waals surface area contributed by atoms with Crippen LogP contribution in [0.2, 0.25) is 0 Å². The summed E-state index contributed by atoms with van der Waals surface area (Å²) < 4.78 is 7.00. The summed E-state index contributed by atoms with van der Waals surface area (Å²) in [6.07, 6.45) is 0.755. The Kier molecular flexibility index (Phi) is 6.36. The molecule has 4 heterocycles. The summed E-state index contributed by atoms with van der Waals surface area (Å²) in [5.74, 6) is 1.37. The van der Waals surface area contributed by atoms with Gasteiger partial charge in [-0.25, -0.2) is 9.97 Å². The van der Waals surface area contributed by atoms with Gasteiger partial charge in [-0.1, -0.05) is 42.5 Å². The zero-order valence-corrected chi connectivity index (χ0v) is 21.9. The SMILES string of the molecule is CCOc1nc(N2CCNCC2)nc2c1sc1nc(-c3ccccc3)c(Cc3ccc(N)cc3)c(C)c12. The van der Waals surface area contributed by atoms with Crippen molar-refractivity contribution in [1.29, 1.82) is 0 Å². The summed E-state index contributed by atoms with van der Waals surface area (Å²) in [7, 11) is 0. The number of piperazine rings is 1. The number of pyridine rings is 1. The molecule has 8 heteroatoms. The van der Waals surface area contributed by atoms with E-state index in [2.05, 4.69) is 53.5 Å². The van der Waals surface area contributed by atoms with E-state index in [0.29, 0.717) is 12.5 Å². The number of nitrogens with one attached hydrogen (secondary N) is 1. The normalized spacial score (nSPS) is 13.9. The summed E-state index contributed by atoms with van der Waals surface area (Å²) >= 11 is 1.62. The highest BCUT2D eigenvalue weighted by Crippen LogP contribution is 2.42. The van der Waals surface area contributed by atoms with Crippen molar-refractivity contribution in [3.8, 4) is 17.1 Å². The van der Waals surface area contributed by atoms with Gasteiger partial charge in [0.2, 0.25) is 11.8 Å². The molecular weight excluding hydrogens is 480 g/mol. The van der Waals surface area contributed by atoms with Crippen molar-refractivity contribution in [3.05, 3.63) is 71.3 Å². The Balaban J connectivity index is 1.60. The number of thiophene rings is 1. The van der Waals surface area contributed by atoms with Crippen LogP contribution in [-0.2, 0) is 6.42 Å². The summed E-state index contributed by atoms with van der Waals surface area (Å²) in [4.78, 5) is 18.4. The lowest BCUT2D eigenvalue weighted by molar-refractivity contribution is 0.331. The highest BCUT2D eigenvalue weighted by molar-refractivity contribution is 7.25. The van der Waals surface area contributed by atoms with Gasteiger partial charge in [0.1, 0.15) is 15.0 Å². The second-order valence-corrected chi connectivity index (χ2v) is 10.3. The Morgan fingerprint density at radius 3 is 2.49 bits per heavy atom. The van der Waals surface area contributed by atoms with E-state index >= 15 is 0 Å². The van der Waals surface area contributed by atoms with Gasteiger partial charge in [-0.3, -0.25) is 0 Å². The molecule has 1 aliphatic rings. The van der Waals surface area contributed by atoms with Gasteiger partial charge in [0.05, 0.1) is 12.3 Å². The first kappa shape index (κ1) is 23.6. The highest BCUT2D eigenvalue weighted by atomic mass is 32.1. The third-order valence-electron chi connectivity index (χ3n) is 6.89. The molecule has 1 saturated heterocycles. The number of ether oxygens (including phenoxy) is 1. The highest BCUT2D eigenvalue weighted by Gasteiger charge is 2.24. The molecule has 0 aliphatic carbocycles. The van der Waals surface area contributed by atoms with E-state index in [1.165, 1.54) is 16.7 Å². The van der Waals surface area contributed by atoms with Crippen LogP contribution in [0.15, 0.2) is 54.6 Å². The zero-order valence-electron chi connectivity index (χ0n) is 21.1. The summed E-state index contributed by atoms with van der Waals surface area (Å²) in [6.45, 7) is 8.32. The van der Waals surface area contributed by atoms with E-state index in [1.54, 1.807) is 11.3 Å². The van der Waals surface area contributed by atoms with Gasteiger partial charge in [0, 0.05) is 42.8 Å². The van der Waals surface area contributed by atoms with Crippen molar-refractivity contribution in [2.45, 2.75) is 20.3 Å². The van der Waals surface area contributed by atoms with Crippen molar-refractivity contribution in [1.82, 2.24) is 20.3 Å². The fourth-order valence-corrected chi connectivity index (χ4v) is 6.09. The second kappa shape index (κ2) is 9.95. The molecule has 37 heavy (non-hydrogen) atoms. The fourth-order valence-electron chi connectivity index (χ4n) is 4.97. The summed E-state index contributed by atoms with van der Waals surface area (Å²) in [5, 5.41) is 4.49. The fraction of sp³-hybridized carbons (Fsp3) is 0.276. The molecule has 0 spiro atoms. The van der Waals surface area contributed by atoms with E-state index in [-0.39, 0.29) is 0 Å². The Morgan fingerprint density at radius 1 is 1.00 bits per heavy atom. The molecule has 0 bridgehead atoms. The minimum Gasteiger partial charge on any atom is -0.477 e. The first-order valence-corrected chi connectivity index (χ1v) is 13.6. The second-order valence-electron chi connectivity index (χ2n) is 9.31. The molecule has 0 unspecified atom stereocenters. The van der Waals surface area contributed by atoms with Crippen LogP contribution in [-0.4, -0.2) is 47.7 Å². The molecule has 0 saturated carbocycles. The molecule has 6 rings (SSSR count). The minimum absolute atomic E-state index is 0.547. The van der Waals surface area contributed by atoms with Crippen LogP contribution in [0.4, 0.5) is 11.6 Å². The van der Waals surface area contributed by atoms with Crippen LogP contribution >= 0.6 is 11.3 Å². The lowest BCUT2D eigenvalue weighted by atomic mass is 9.94. The van der Waals surface area contributed by atoms with Crippen LogP contribution in [0.25, 0.3) is 31.7 Å². The number of nitrogens with zero attached hydrogens (tertiary/aromatic N) is 4. The molecule has 2 aromatic carbocycles. The van der Waals surface area contributed by atoms with Crippen molar-refractivity contribution < 1.29 is 4.74 Å². The molecule has 1 fully saturated rings. The maximum absolute atomic E-state index is 6.05. The number of nitrogens with two attached hydrogens (primary N) is 1. The lowest BCUT2D eigenvalue weighted by Crippen LogP contribution is -2.44. The molecule has 0 amide bonds. The van der Waals surface area contributed by atoms with Crippen LogP contribution in [0.5, 0.6) is 5.88 Å². The maximum atomic E-state index is 6.05. The Morgan fingerprint density at radius 2 is 1.76 bits per heavy atom. The first-order chi connectivity index (χ1) is 18.1. The van der Waals surface area contributed by atoms with Crippen molar-refractivity contribution in [3.63, 3.8) is 0 Å². The predicted octanol–water partition coefficient (Wildman–Crippen LogP) is 5.20. The Labute approximate surface area is 220 Å². The summed E-state index contributed by atoms with van der Waals surface area (Å²) in [5.41, 5.74) is 13.3. The third-order valence-corrected chi connectivity index (χ3v) is 7.95. The zero-order chi connectivity index (χ0) is 25.4. The van der Waals surface area contributed by atoms with Crippen LogP contribution in [0.3, 0.4) is 0 Å². The number of hydrogen-bond donors (Lipinski definition) is 2. The molecule has 1 aliphatic heterocycles. The predicted molar refractivity (Wildman–Crippen MR) is 153 cm³/mol. The molecule has 7 nitrogen and oxygen atoms in total. The average Bonchev–Trinajstić information content (AvgIpc) is 3.31. The van der Waals surface area contributed by atoms with E-state index in [1.807, 2.05) is 25.1 Å². The van der Waals surface area contributed by atoms with Gasteiger partial charge in [-0.15, -0.1) is 11.3 Å². The molecule has 3 N–H and O–H groups in total. The van der Waals surface area contributed by atoms with Crippen molar-refractivity contribution in [2.75, 3.05) is 43.4 Å². The number of aromatic nitrogens is 3. The van der Waals surface area contributed by atoms with Crippen LogP contribution in [0.1, 0.15) is 23.6 Å². The van der Waals surface area contributed by atoms with E-state index < -0.39 is 0 Å². The van der Waals surface area contributed by atoms with Crippen LogP contribution in [0, 0.1) is 6.92 Å². The van der Waals surface area contributed by atoms with E-state index in [4.69, 9.17) is 25.4 Å². The van der Waals surface area contributed by atoms with Crippen molar-refractivity contribution in [2.24, 2.45) is 0 Å². The Hall–Kier alpha value is -3.75. The van der Waals surface area contributed by atoms with Gasteiger partial charge < -0.3 is 20.7 Å². The maximum Gasteiger partial charge on any atom is 0.236 e. The van der Waals surface area contributed by atoms with Gasteiger partial charge in [-0.05, 0) is 49.1 Å². The van der Waals surface area contributed by atoms with Gasteiger partial charge in [0.15, 0.2) is 0 Å². The summed E-state index contributed by atoms with van der Waals surface area (Å²) in [6, 6.07) is 18.5. The molecular formula is C29H30N6OS. The molecule has 3 aromatic heterocycles. The first-order valence-electron chi connectivity index (χ1n) is 12.7. The number of aryl methyl sites for hydroxylation is 1. The van der Waals surface area contributed by atoms with Crippen molar-refractivity contribution >= 4 is 43.4 Å². The van der Waals surface area contributed by atoms with E-state index in [9.17, 15) is 0 Å². The largest absolute Gasteiger partial charge is 0.477 e. The van der Waals surface area contributed by atoms with Crippen LogP contribution < -0.4 is 20.7 Å². The lowest BCUT2D eigenvalue weighted by Gasteiger charge is -2.27. The smallest absolute Gasteiger partial charge is 0.236 e. The topological polar surface area (TPSA) is 89.2 Å². The standard InChI is InChI=1S/C29H30N6OS/c1-3-36-27-26-25(33-29(34-27)35-15-13-31-14-16-35)23-18(2)22(17-19-9-11-21(30)12-10-19)24(32-28(23)37-26)20-7-5-4-6-8-20/h4-12,31H,3,13-17,30H2,1-2H3. The Bertz CT molecular complexity index is 1560. The molecule has 0 radical (unpaired) electrons. The third kappa shape index (κ3) is 4.47. The van der Waals surface area contributed by atoms with Gasteiger partial charge in [0.25, 0.3) is 0 Å². The monoisotopic (exact) mass is 510 g/mol. The average molecular weight is 511 g/mol. The number of fused-ring (bicyclic) bond motifs is 3.